The molecule has 1 aliphatic carbocycles. The molecule has 0 spiro atoms. The van der Waals surface area contributed by atoms with Gasteiger partial charge in [-0.2, -0.15) is 0 Å². The van der Waals surface area contributed by atoms with Gasteiger partial charge in [0.2, 0.25) is 0 Å². The molecule has 256 valence electrons. The standard InChI is InChI=1S/C44H56O4.4Na/c1-41(2,3)33-17-25-13-27-19-34(42(4,5)6)21-29(38(27)46)15-31-23-36(44(10,11)12)24-32(40(31)48)16-30-22-35(43(7,8)9)20-28(39(30)47)14-26(18-33)37(25)45;;;;/h17-24,45-48H,13-16H2,1-12H3;;;;/q;4*+1/p-4. The smallest absolute Gasteiger partial charge is 0.872 e. The van der Waals surface area contributed by atoms with Crippen LogP contribution in [0.4, 0.5) is 0 Å². The van der Waals surface area contributed by atoms with Crippen LogP contribution in [0, 0.1) is 0 Å². The summed E-state index contributed by atoms with van der Waals surface area (Å²) in [6, 6.07) is 15.6. The molecular formula is C44H52Na4O4. The third kappa shape index (κ3) is 11.1. The fourth-order valence-corrected chi connectivity index (χ4v) is 6.62. The SMILES string of the molecule is CC(C)(C)c1cc2c([O-])c(c1)Cc1cc(C(C)(C)C)cc(c1[O-])Cc1cc(C(C)(C)C)cc(c1[O-])Cc1cc(C(C)(C)C)cc(c1[O-])C2.[Na+].[Na+].[Na+].[Na+]. The van der Waals surface area contributed by atoms with Gasteiger partial charge in [-0.15, -0.1) is 23.0 Å². The maximum Gasteiger partial charge on any atom is 1.00 e. The van der Waals surface area contributed by atoms with E-state index in [0.29, 0.717) is 44.5 Å². The van der Waals surface area contributed by atoms with Gasteiger partial charge in [-0.05, 0) is 69.6 Å². The Morgan fingerprint density at radius 3 is 0.500 bits per heavy atom. The van der Waals surface area contributed by atoms with Crippen molar-refractivity contribution in [2.45, 2.75) is 130 Å². The molecule has 0 aromatic heterocycles. The topological polar surface area (TPSA) is 92.2 Å². The van der Waals surface area contributed by atoms with Crippen LogP contribution < -0.4 is 139 Å². The van der Waals surface area contributed by atoms with Crippen molar-refractivity contribution in [2.75, 3.05) is 0 Å². The number of benzene rings is 4. The molecular weight excluding hydrogens is 684 g/mol. The summed E-state index contributed by atoms with van der Waals surface area (Å²) >= 11 is 0. The van der Waals surface area contributed by atoms with E-state index < -0.39 is 0 Å². The van der Waals surface area contributed by atoms with Gasteiger partial charge in [0.15, 0.2) is 0 Å². The fourth-order valence-electron chi connectivity index (χ4n) is 6.62. The van der Waals surface area contributed by atoms with Crippen LogP contribution in [0.25, 0.3) is 0 Å². The molecule has 0 heterocycles. The molecule has 4 aromatic carbocycles. The molecule has 4 aromatic rings. The first kappa shape index (κ1) is 50.1. The van der Waals surface area contributed by atoms with E-state index in [1.807, 2.05) is 48.5 Å². The van der Waals surface area contributed by atoms with Gasteiger partial charge in [-0.25, -0.2) is 0 Å². The zero-order valence-corrected chi connectivity index (χ0v) is 43.1. The normalized spacial score (nSPS) is 13.2. The van der Waals surface area contributed by atoms with Crippen molar-refractivity contribution in [1.29, 1.82) is 0 Å². The quantitative estimate of drug-likeness (QED) is 0.151. The minimum absolute atomic E-state index is 0. The predicted octanol–water partition coefficient (Wildman–Crippen LogP) is -4.14. The summed E-state index contributed by atoms with van der Waals surface area (Å²) in [7, 11) is 0. The van der Waals surface area contributed by atoms with Gasteiger partial charge in [0.05, 0.1) is 0 Å². The minimum atomic E-state index is -0.256. The molecule has 0 atom stereocenters. The van der Waals surface area contributed by atoms with Crippen LogP contribution in [0.3, 0.4) is 0 Å². The molecule has 8 heteroatoms. The molecule has 0 amide bonds. The summed E-state index contributed by atoms with van der Waals surface area (Å²) < 4.78 is 0. The molecule has 0 saturated carbocycles. The molecule has 0 N–H and O–H groups in total. The molecule has 0 saturated heterocycles. The van der Waals surface area contributed by atoms with Crippen LogP contribution in [0.2, 0.25) is 0 Å². The summed E-state index contributed by atoms with van der Waals surface area (Å²) in [5.74, 6) is -0.496. The number of rotatable bonds is 0. The van der Waals surface area contributed by atoms with Crippen molar-refractivity contribution < 1.29 is 139 Å². The van der Waals surface area contributed by atoms with Gasteiger partial charge in [0, 0.05) is 0 Å². The van der Waals surface area contributed by atoms with Crippen LogP contribution in [-0.2, 0) is 47.3 Å². The largest absolute Gasteiger partial charge is 1.00 e. The van der Waals surface area contributed by atoms with Crippen LogP contribution in [-0.4, -0.2) is 0 Å². The number of hydrogen-bond acceptors (Lipinski definition) is 4. The molecule has 0 fully saturated rings. The predicted molar refractivity (Wildman–Crippen MR) is 190 cm³/mol. The van der Waals surface area contributed by atoms with Gasteiger partial charge in [0.1, 0.15) is 0 Å². The third-order valence-corrected chi connectivity index (χ3v) is 9.96. The number of hydrogen-bond donors (Lipinski definition) is 0. The van der Waals surface area contributed by atoms with E-state index in [0.717, 1.165) is 22.3 Å². The molecule has 52 heavy (non-hydrogen) atoms. The third-order valence-electron chi connectivity index (χ3n) is 9.96. The van der Waals surface area contributed by atoms with E-state index in [1.54, 1.807) is 0 Å². The average molecular weight is 737 g/mol. The Bertz CT molecular complexity index is 1530. The van der Waals surface area contributed by atoms with Gasteiger partial charge >= 0.3 is 118 Å². The fraction of sp³-hybridized carbons (Fsp3) is 0.455. The van der Waals surface area contributed by atoms with Crippen molar-refractivity contribution in [2.24, 2.45) is 0 Å². The van der Waals surface area contributed by atoms with Crippen molar-refractivity contribution in [3.63, 3.8) is 0 Å². The van der Waals surface area contributed by atoms with Gasteiger partial charge in [0.25, 0.3) is 0 Å². The Balaban J connectivity index is 0.00000338. The van der Waals surface area contributed by atoms with E-state index in [9.17, 15) is 20.4 Å². The molecule has 0 unspecified atom stereocenters. The second-order valence-electron chi connectivity index (χ2n) is 18.2. The molecule has 8 bridgehead atoms. The summed E-state index contributed by atoms with van der Waals surface area (Å²) in [5.41, 5.74) is 7.39. The molecule has 0 radical (unpaired) electrons. The zero-order valence-electron chi connectivity index (χ0n) is 35.1. The van der Waals surface area contributed by atoms with E-state index >= 15 is 0 Å². The second-order valence-corrected chi connectivity index (χ2v) is 18.2. The van der Waals surface area contributed by atoms with E-state index in [4.69, 9.17) is 0 Å². The monoisotopic (exact) mass is 736 g/mol. The van der Waals surface area contributed by atoms with Crippen LogP contribution in [0.15, 0.2) is 48.5 Å². The summed E-state index contributed by atoms with van der Waals surface area (Å²) in [4.78, 5) is 0. The van der Waals surface area contributed by atoms with E-state index in [1.165, 1.54) is 0 Å². The van der Waals surface area contributed by atoms with Crippen LogP contribution in [0.1, 0.15) is 150 Å². The second kappa shape index (κ2) is 18.1. The van der Waals surface area contributed by atoms with Gasteiger partial charge in [-0.1, -0.05) is 176 Å². The van der Waals surface area contributed by atoms with Crippen molar-refractivity contribution in [3.05, 3.63) is 115 Å². The molecule has 5 rings (SSSR count). The maximum atomic E-state index is 14.3. The Kier molecular flexibility index (Phi) is 17.5. The minimum Gasteiger partial charge on any atom is -0.872 e. The number of fused-ring (bicyclic) bond motifs is 8. The van der Waals surface area contributed by atoms with Crippen molar-refractivity contribution in [3.8, 4) is 23.0 Å². The van der Waals surface area contributed by atoms with Gasteiger partial charge in [-0.3, -0.25) is 0 Å². The Morgan fingerprint density at radius 2 is 0.404 bits per heavy atom. The van der Waals surface area contributed by atoms with Gasteiger partial charge < -0.3 is 20.4 Å². The summed E-state index contributed by atoms with van der Waals surface area (Å²) in [6.45, 7) is 25.3. The first-order valence-electron chi connectivity index (χ1n) is 17.3. The maximum absolute atomic E-state index is 14.3. The van der Waals surface area contributed by atoms with Crippen LogP contribution >= 0.6 is 0 Å². The van der Waals surface area contributed by atoms with E-state index in [2.05, 4.69) is 83.1 Å². The Morgan fingerprint density at radius 1 is 0.288 bits per heavy atom. The first-order valence-corrected chi connectivity index (χ1v) is 17.3. The summed E-state index contributed by atoms with van der Waals surface area (Å²) in [5, 5.41) is 57.1. The summed E-state index contributed by atoms with van der Waals surface area (Å²) in [6.07, 6.45) is 0.724. The van der Waals surface area contributed by atoms with E-state index in [-0.39, 0.29) is 189 Å². The zero-order chi connectivity index (χ0) is 35.7. The van der Waals surface area contributed by atoms with Crippen molar-refractivity contribution >= 4 is 0 Å². The first-order chi connectivity index (χ1) is 21.9. The Hall–Kier alpha value is 0.0800. The average Bonchev–Trinajstić information content (AvgIpc) is 2.93. The van der Waals surface area contributed by atoms with Crippen molar-refractivity contribution in [1.82, 2.24) is 0 Å². The Labute approximate surface area is 402 Å². The molecule has 1 aliphatic rings. The molecule has 4 nitrogen and oxygen atoms in total. The van der Waals surface area contributed by atoms with Crippen LogP contribution in [0.5, 0.6) is 23.0 Å². The molecule has 0 aliphatic heterocycles.